The molecule has 0 aliphatic rings. The van der Waals surface area contributed by atoms with E-state index in [9.17, 15) is 4.79 Å². The average molecular weight is 449 g/mol. The summed E-state index contributed by atoms with van der Waals surface area (Å²) < 4.78 is 22.7. The lowest BCUT2D eigenvalue weighted by Crippen LogP contribution is -2.08. The van der Waals surface area contributed by atoms with Gasteiger partial charge in [-0.15, -0.1) is 22.7 Å². The summed E-state index contributed by atoms with van der Waals surface area (Å²) in [6, 6.07) is 11.3. The van der Waals surface area contributed by atoms with Crippen molar-refractivity contribution in [1.82, 2.24) is 0 Å². The first-order chi connectivity index (χ1) is 14.1. The van der Waals surface area contributed by atoms with Crippen LogP contribution in [0.4, 0.5) is 0 Å². The number of hydrogen-bond acceptors (Lipinski definition) is 8. The Morgan fingerprint density at radius 2 is 1.34 bits per heavy atom. The fourth-order valence-corrected chi connectivity index (χ4v) is 5.79. The number of ether oxygens (including phenoxy) is 4. The van der Waals surface area contributed by atoms with E-state index in [1.54, 1.807) is 28.4 Å². The highest BCUT2D eigenvalue weighted by Gasteiger charge is 2.28. The highest BCUT2D eigenvalue weighted by Crippen LogP contribution is 2.46. The smallest absolute Gasteiger partial charge is 0.161 e. The molecule has 0 amide bonds. The first-order valence-electron chi connectivity index (χ1n) is 8.59. The third-order valence-electron chi connectivity index (χ3n) is 4.50. The molecule has 0 N–H and O–H groups in total. The van der Waals surface area contributed by atoms with Crippen LogP contribution in [0, 0.1) is 3.14 Å². The van der Waals surface area contributed by atoms with Gasteiger partial charge in [-0.25, -0.2) is 0 Å². The van der Waals surface area contributed by atoms with E-state index in [1.165, 1.54) is 22.7 Å². The van der Waals surface area contributed by atoms with E-state index in [0.717, 1.165) is 22.3 Å². The number of methoxy groups -OCH3 is 4. The summed E-state index contributed by atoms with van der Waals surface area (Å²) in [5.41, 5.74) is 1.76. The average Bonchev–Trinajstić information content (AvgIpc) is 3.14. The Hall–Kier alpha value is -2.42. The van der Waals surface area contributed by atoms with Gasteiger partial charge >= 0.3 is 0 Å². The molecule has 5 nitrogen and oxygen atoms in total. The Morgan fingerprint density at radius 1 is 0.828 bits per heavy atom. The van der Waals surface area contributed by atoms with Gasteiger partial charge in [0, 0.05) is 28.1 Å². The summed E-state index contributed by atoms with van der Waals surface area (Å²) in [5.74, 6) is 2.34. The Labute approximate surface area is 182 Å². The molecule has 0 atom stereocenters. The summed E-state index contributed by atoms with van der Waals surface area (Å²) in [7, 11) is 6.42. The van der Waals surface area contributed by atoms with Gasteiger partial charge in [0.2, 0.25) is 0 Å². The van der Waals surface area contributed by atoms with Crippen molar-refractivity contribution < 1.29 is 23.7 Å². The Balaban J connectivity index is 2.32. The summed E-state index contributed by atoms with van der Waals surface area (Å²) in [4.78, 5) is 13.2. The monoisotopic (exact) mass is 448 g/mol. The molecule has 29 heavy (non-hydrogen) atoms. The molecule has 0 radical (unpaired) electrons. The van der Waals surface area contributed by atoms with Crippen molar-refractivity contribution in [3.05, 3.63) is 60.4 Å². The zero-order valence-electron chi connectivity index (χ0n) is 16.4. The van der Waals surface area contributed by atoms with Gasteiger partial charge in [-0.1, -0.05) is 24.4 Å². The molecule has 0 spiro atoms. The maximum absolute atomic E-state index is 11.8. The van der Waals surface area contributed by atoms with E-state index in [-0.39, 0.29) is 5.92 Å². The fourth-order valence-electron chi connectivity index (χ4n) is 3.15. The molecule has 0 bridgehead atoms. The van der Waals surface area contributed by atoms with Crippen LogP contribution in [0.15, 0.2) is 36.4 Å². The zero-order chi connectivity index (χ0) is 21.0. The Kier molecular flexibility index (Phi) is 6.89. The van der Waals surface area contributed by atoms with Crippen LogP contribution in [0.3, 0.4) is 0 Å². The molecule has 8 heteroatoms. The van der Waals surface area contributed by atoms with Crippen molar-refractivity contribution >= 4 is 41.2 Å². The zero-order valence-corrected chi connectivity index (χ0v) is 18.8. The highest BCUT2D eigenvalue weighted by molar-refractivity contribution is 7.76. The maximum atomic E-state index is 11.8. The van der Waals surface area contributed by atoms with Gasteiger partial charge in [0.15, 0.2) is 6.29 Å². The van der Waals surface area contributed by atoms with Gasteiger partial charge in [-0.2, -0.15) is 0 Å². The summed E-state index contributed by atoms with van der Waals surface area (Å²) in [6.45, 7) is 0. The number of aldehydes is 1. The number of carbonyl (C=O) groups is 1. The van der Waals surface area contributed by atoms with Crippen LogP contribution in [0.1, 0.15) is 31.6 Å². The molecule has 1 heterocycles. The van der Waals surface area contributed by atoms with Crippen molar-refractivity contribution in [3.63, 3.8) is 0 Å². The SMILES string of the molecule is COc1ccc(C(c2ccc(OC)cc2OC)c2sc(=S)sc2C=O)c(OC)c1. The number of carbonyl (C=O) groups excluding carboxylic acids is 1. The van der Waals surface area contributed by atoms with E-state index in [0.29, 0.717) is 31.0 Å². The molecule has 0 aliphatic carbocycles. The highest BCUT2D eigenvalue weighted by atomic mass is 32.2. The van der Waals surface area contributed by atoms with Gasteiger partial charge < -0.3 is 18.9 Å². The Morgan fingerprint density at radius 3 is 1.76 bits per heavy atom. The topological polar surface area (TPSA) is 54.0 Å². The van der Waals surface area contributed by atoms with Gasteiger partial charge in [0.1, 0.15) is 26.1 Å². The van der Waals surface area contributed by atoms with Crippen LogP contribution < -0.4 is 18.9 Å². The van der Waals surface area contributed by atoms with E-state index in [4.69, 9.17) is 31.2 Å². The van der Waals surface area contributed by atoms with Gasteiger partial charge in [-0.05, 0) is 12.1 Å². The summed E-state index contributed by atoms with van der Waals surface area (Å²) in [5, 5.41) is 0. The molecule has 2 aromatic carbocycles. The fraction of sp³-hybridized carbons (Fsp3) is 0.238. The lowest BCUT2D eigenvalue weighted by atomic mass is 9.88. The predicted molar refractivity (Wildman–Crippen MR) is 118 cm³/mol. The standard InChI is InChI=1S/C21H20O5S3/c1-23-12-5-7-14(16(9-12)25-3)19(20-18(11-22)28-21(27)29-20)15-8-6-13(24-2)10-17(15)26-4/h5-11,19H,1-4H3. The second kappa shape index (κ2) is 9.39. The Bertz CT molecular complexity index is 1010. The first kappa shape index (κ1) is 21.3. The van der Waals surface area contributed by atoms with Gasteiger partial charge in [0.25, 0.3) is 0 Å². The van der Waals surface area contributed by atoms with Crippen molar-refractivity contribution in [2.24, 2.45) is 0 Å². The van der Waals surface area contributed by atoms with E-state index in [2.05, 4.69) is 0 Å². The predicted octanol–water partition coefficient (Wildman–Crippen LogP) is 5.57. The molecule has 152 valence electrons. The molecule has 0 unspecified atom stereocenters. The molecule has 0 fully saturated rings. The molecule has 3 rings (SSSR count). The van der Waals surface area contributed by atoms with Gasteiger partial charge in [0.05, 0.1) is 39.2 Å². The van der Waals surface area contributed by atoms with Crippen LogP contribution in [0.25, 0.3) is 0 Å². The normalized spacial score (nSPS) is 10.7. The first-order valence-corrected chi connectivity index (χ1v) is 10.6. The minimum atomic E-state index is -0.310. The van der Waals surface area contributed by atoms with Crippen molar-refractivity contribution in [2.75, 3.05) is 28.4 Å². The van der Waals surface area contributed by atoms with Crippen molar-refractivity contribution in [1.29, 1.82) is 0 Å². The van der Waals surface area contributed by atoms with E-state index >= 15 is 0 Å². The molecule has 1 aromatic heterocycles. The molecule has 0 aliphatic heterocycles. The lowest BCUT2D eigenvalue weighted by molar-refractivity contribution is 0.112. The largest absolute Gasteiger partial charge is 0.497 e. The van der Waals surface area contributed by atoms with Crippen molar-refractivity contribution in [3.8, 4) is 23.0 Å². The minimum Gasteiger partial charge on any atom is -0.497 e. The van der Waals surface area contributed by atoms with E-state index in [1.807, 2.05) is 36.4 Å². The minimum absolute atomic E-state index is 0.310. The van der Waals surface area contributed by atoms with E-state index < -0.39 is 0 Å². The maximum Gasteiger partial charge on any atom is 0.161 e. The molecular weight excluding hydrogens is 428 g/mol. The summed E-state index contributed by atoms with van der Waals surface area (Å²) in [6.07, 6.45) is 0.852. The number of hydrogen-bond donors (Lipinski definition) is 0. The van der Waals surface area contributed by atoms with Crippen LogP contribution in [-0.2, 0) is 0 Å². The lowest BCUT2D eigenvalue weighted by Gasteiger charge is -2.23. The van der Waals surface area contributed by atoms with Crippen LogP contribution in [0.2, 0.25) is 0 Å². The van der Waals surface area contributed by atoms with Crippen LogP contribution in [0.5, 0.6) is 23.0 Å². The second-order valence-corrected chi connectivity index (χ2v) is 9.24. The third-order valence-corrected chi connectivity index (χ3v) is 7.18. The van der Waals surface area contributed by atoms with Crippen LogP contribution >= 0.6 is 34.9 Å². The second-order valence-electron chi connectivity index (χ2n) is 5.95. The molecule has 3 aromatic rings. The molecule has 0 saturated carbocycles. The quantitative estimate of drug-likeness (QED) is 0.332. The van der Waals surface area contributed by atoms with Crippen LogP contribution in [-0.4, -0.2) is 34.7 Å². The summed E-state index contributed by atoms with van der Waals surface area (Å²) >= 11 is 8.12. The third kappa shape index (κ3) is 4.29. The number of benzene rings is 2. The van der Waals surface area contributed by atoms with Gasteiger partial charge in [-0.3, -0.25) is 4.79 Å². The molecular formula is C21H20O5S3. The van der Waals surface area contributed by atoms with Crippen molar-refractivity contribution in [2.45, 2.75) is 5.92 Å². The number of rotatable bonds is 8. The molecule has 0 saturated heterocycles.